The maximum Gasteiger partial charge on any atom is 0.234 e. The Balaban J connectivity index is 1.83. The van der Waals surface area contributed by atoms with Crippen molar-refractivity contribution in [3.63, 3.8) is 0 Å². The standard InChI is InChI=1S/C15H19N3OS3/c1-4-10(2)11-5-7-12(8-6-11)16-13(19)9-21-15-18-17-14(20-3)22-15/h5-8,10H,4,9H2,1-3H3,(H,16,19). The molecule has 1 N–H and O–H groups in total. The molecule has 2 aromatic rings. The van der Waals surface area contributed by atoms with Gasteiger partial charge in [0.05, 0.1) is 5.75 Å². The summed E-state index contributed by atoms with van der Waals surface area (Å²) in [5.74, 6) is 0.862. The molecular formula is C15H19N3OS3. The Labute approximate surface area is 143 Å². The van der Waals surface area contributed by atoms with Crippen molar-refractivity contribution in [1.82, 2.24) is 10.2 Å². The second-order valence-electron chi connectivity index (χ2n) is 4.81. The minimum absolute atomic E-state index is 0.0257. The van der Waals surface area contributed by atoms with Gasteiger partial charge in [-0.15, -0.1) is 10.2 Å². The second kappa shape index (κ2) is 8.55. The van der Waals surface area contributed by atoms with E-state index in [-0.39, 0.29) is 5.91 Å². The van der Waals surface area contributed by atoms with E-state index in [0.29, 0.717) is 11.7 Å². The number of thioether (sulfide) groups is 2. The molecule has 0 fully saturated rings. The number of amides is 1. The van der Waals surface area contributed by atoms with Gasteiger partial charge in [-0.05, 0) is 36.3 Å². The molecule has 0 spiro atoms. The molecular weight excluding hydrogens is 334 g/mol. The summed E-state index contributed by atoms with van der Waals surface area (Å²) in [6.45, 7) is 4.38. The van der Waals surface area contributed by atoms with E-state index >= 15 is 0 Å². The number of carbonyl (C=O) groups is 1. The quantitative estimate of drug-likeness (QED) is 0.743. The van der Waals surface area contributed by atoms with E-state index in [4.69, 9.17) is 0 Å². The molecule has 0 aliphatic heterocycles. The van der Waals surface area contributed by atoms with E-state index in [1.165, 1.54) is 28.7 Å². The van der Waals surface area contributed by atoms with E-state index in [1.807, 2.05) is 18.4 Å². The van der Waals surface area contributed by atoms with E-state index in [0.717, 1.165) is 20.8 Å². The fraction of sp³-hybridized carbons (Fsp3) is 0.400. The van der Waals surface area contributed by atoms with Gasteiger partial charge < -0.3 is 5.32 Å². The van der Waals surface area contributed by atoms with Gasteiger partial charge in [-0.3, -0.25) is 4.79 Å². The van der Waals surface area contributed by atoms with Crippen molar-refractivity contribution < 1.29 is 4.79 Å². The number of hydrogen-bond acceptors (Lipinski definition) is 6. The third-order valence-electron chi connectivity index (χ3n) is 3.27. The zero-order valence-electron chi connectivity index (χ0n) is 12.8. The van der Waals surface area contributed by atoms with Gasteiger partial charge in [0, 0.05) is 5.69 Å². The lowest BCUT2D eigenvalue weighted by Crippen LogP contribution is -2.13. The Kier molecular flexibility index (Phi) is 6.72. The summed E-state index contributed by atoms with van der Waals surface area (Å²) in [4.78, 5) is 12.0. The van der Waals surface area contributed by atoms with Crippen LogP contribution in [0.15, 0.2) is 32.9 Å². The Hall–Kier alpha value is -1.05. The normalized spacial score (nSPS) is 12.1. The van der Waals surface area contributed by atoms with Gasteiger partial charge >= 0.3 is 0 Å². The number of benzene rings is 1. The number of rotatable bonds is 7. The van der Waals surface area contributed by atoms with Crippen LogP contribution in [0.4, 0.5) is 5.69 Å². The summed E-state index contributed by atoms with van der Waals surface area (Å²) in [6.07, 6.45) is 3.08. The van der Waals surface area contributed by atoms with Crippen molar-refractivity contribution in [2.75, 3.05) is 17.3 Å². The van der Waals surface area contributed by atoms with Crippen LogP contribution in [0, 0.1) is 0 Å². The number of nitrogens with one attached hydrogen (secondary N) is 1. The average molecular weight is 354 g/mol. The maximum atomic E-state index is 12.0. The predicted molar refractivity (Wildman–Crippen MR) is 96.2 cm³/mol. The minimum atomic E-state index is -0.0257. The molecule has 118 valence electrons. The van der Waals surface area contributed by atoms with Crippen LogP contribution in [0.1, 0.15) is 31.7 Å². The summed E-state index contributed by atoms with van der Waals surface area (Å²) in [6, 6.07) is 8.07. The van der Waals surface area contributed by atoms with E-state index in [1.54, 1.807) is 11.8 Å². The highest BCUT2D eigenvalue weighted by Crippen LogP contribution is 2.27. The first-order valence-electron chi connectivity index (χ1n) is 7.02. The lowest BCUT2D eigenvalue weighted by Gasteiger charge is -2.10. The molecule has 0 aliphatic rings. The molecule has 1 aromatic carbocycles. The second-order valence-corrected chi connectivity index (χ2v) is 8.06. The van der Waals surface area contributed by atoms with Gasteiger partial charge in [0.15, 0.2) is 8.68 Å². The van der Waals surface area contributed by atoms with Gasteiger partial charge in [-0.2, -0.15) is 0 Å². The van der Waals surface area contributed by atoms with Crippen LogP contribution in [-0.2, 0) is 4.79 Å². The largest absolute Gasteiger partial charge is 0.325 e. The lowest BCUT2D eigenvalue weighted by atomic mass is 9.99. The fourth-order valence-electron chi connectivity index (χ4n) is 1.79. The van der Waals surface area contributed by atoms with Crippen LogP contribution in [0.5, 0.6) is 0 Å². The molecule has 0 saturated heterocycles. The smallest absolute Gasteiger partial charge is 0.234 e. The van der Waals surface area contributed by atoms with Crippen molar-refractivity contribution in [2.45, 2.75) is 34.9 Å². The third-order valence-corrected chi connectivity index (χ3v) is 6.30. The summed E-state index contributed by atoms with van der Waals surface area (Å²) in [7, 11) is 0. The highest BCUT2D eigenvalue weighted by molar-refractivity contribution is 8.03. The summed E-state index contributed by atoms with van der Waals surface area (Å²) in [5.41, 5.74) is 2.13. The Morgan fingerprint density at radius 2 is 1.95 bits per heavy atom. The maximum absolute atomic E-state index is 12.0. The molecule has 1 unspecified atom stereocenters. The highest BCUT2D eigenvalue weighted by Gasteiger charge is 2.08. The van der Waals surface area contributed by atoms with Crippen LogP contribution in [-0.4, -0.2) is 28.1 Å². The first kappa shape index (κ1) is 17.3. The third kappa shape index (κ3) is 5.00. The highest BCUT2D eigenvalue weighted by atomic mass is 32.2. The molecule has 2 rings (SSSR count). The van der Waals surface area contributed by atoms with Crippen molar-refractivity contribution >= 4 is 46.5 Å². The van der Waals surface area contributed by atoms with Gasteiger partial charge in [0.25, 0.3) is 0 Å². The molecule has 22 heavy (non-hydrogen) atoms. The first-order chi connectivity index (χ1) is 10.6. The Bertz CT molecular complexity index is 613. The van der Waals surface area contributed by atoms with E-state index < -0.39 is 0 Å². The van der Waals surface area contributed by atoms with Crippen molar-refractivity contribution in [3.05, 3.63) is 29.8 Å². The molecule has 1 heterocycles. The van der Waals surface area contributed by atoms with Gasteiger partial charge in [-0.25, -0.2) is 0 Å². The molecule has 0 radical (unpaired) electrons. The van der Waals surface area contributed by atoms with Crippen LogP contribution < -0.4 is 5.32 Å². The molecule has 1 aromatic heterocycles. The lowest BCUT2D eigenvalue weighted by molar-refractivity contribution is -0.113. The molecule has 0 saturated carbocycles. The fourth-order valence-corrected chi connectivity index (χ4v) is 4.03. The van der Waals surface area contributed by atoms with Gasteiger partial charge in [-0.1, -0.05) is 60.8 Å². The Morgan fingerprint density at radius 1 is 1.27 bits per heavy atom. The summed E-state index contributed by atoms with van der Waals surface area (Å²) < 4.78 is 1.75. The minimum Gasteiger partial charge on any atom is -0.325 e. The predicted octanol–water partition coefficient (Wildman–Crippen LogP) is 4.50. The zero-order chi connectivity index (χ0) is 15.9. The molecule has 1 amide bonds. The molecule has 4 nitrogen and oxygen atoms in total. The summed E-state index contributed by atoms with van der Waals surface area (Å²) in [5, 5.41) is 11.0. The summed E-state index contributed by atoms with van der Waals surface area (Å²) >= 11 is 4.49. The average Bonchev–Trinajstić information content (AvgIpc) is 3.01. The topological polar surface area (TPSA) is 54.9 Å². The molecule has 1 atom stereocenters. The Morgan fingerprint density at radius 3 is 2.55 bits per heavy atom. The molecule has 0 aliphatic carbocycles. The van der Waals surface area contributed by atoms with Crippen LogP contribution in [0.25, 0.3) is 0 Å². The number of nitrogens with zero attached hydrogens (tertiary/aromatic N) is 2. The van der Waals surface area contributed by atoms with Crippen LogP contribution >= 0.6 is 34.9 Å². The van der Waals surface area contributed by atoms with Crippen molar-refractivity contribution in [1.29, 1.82) is 0 Å². The van der Waals surface area contributed by atoms with Crippen LogP contribution in [0.3, 0.4) is 0 Å². The zero-order valence-corrected chi connectivity index (χ0v) is 15.3. The van der Waals surface area contributed by atoms with Crippen molar-refractivity contribution in [2.24, 2.45) is 0 Å². The van der Waals surface area contributed by atoms with Gasteiger partial charge in [0.1, 0.15) is 0 Å². The van der Waals surface area contributed by atoms with Crippen LogP contribution in [0.2, 0.25) is 0 Å². The SMILES string of the molecule is CCC(C)c1ccc(NC(=O)CSc2nnc(SC)s2)cc1. The number of carbonyl (C=O) groups excluding carboxylic acids is 1. The number of anilines is 1. The van der Waals surface area contributed by atoms with E-state index in [2.05, 4.69) is 41.5 Å². The molecule has 0 bridgehead atoms. The van der Waals surface area contributed by atoms with Gasteiger partial charge in [0.2, 0.25) is 5.91 Å². The number of aromatic nitrogens is 2. The number of hydrogen-bond donors (Lipinski definition) is 1. The van der Waals surface area contributed by atoms with E-state index in [9.17, 15) is 4.79 Å². The van der Waals surface area contributed by atoms with Crippen molar-refractivity contribution in [3.8, 4) is 0 Å². The monoisotopic (exact) mass is 353 g/mol. The first-order valence-corrected chi connectivity index (χ1v) is 10.0. The molecule has 7 heteroatoms.